The second-order valence-electron chi connectivity index (χ2n) is 5.08. The standard InChI is InChI=1S/C16H16N6O/c1-10-11(2)22(9-20-10)13-5-3-12(4-6-13)21-16(23)14-15(17)19-8-7-18-14/h3-9H,1-2H3,(H2,17,19)(H,21,23). The number of anilines is 2. The molecule has 1 aromatic carbocycles. The number of aromatic nitrogens is 4. The number of aryl methyl sites for hydroxylation is 1. The van der Waals surface area contributed by atoms with Crippen molar-refractivity contribution in [2.45, 2.75) is 13.8 Å². The van der Waals surface area contributed by atoms with Crippen molar-refractivity contribution in [2.24, 2.45) is 0 Å². The molecule has 2 aromatic heterocycles. The van der Waals surface area contributed by atoms with Crippen LogP contribution in [-0.2, 0) is 0 Å². The topological polar surface area (TPSA) is 98.7 Å². The predicted molar refractivity (Wildman–Crippen MR) is 87.4 cm³/mol. The van der Waals surface area contributed by atoms with Gasteiger partial charge in [-0.2, -0.15) is 0 Å². The van der Waals surface area contributed by atoms with E-state index in [9.17, 15) is 4.79 Å². The van der Waals surface area contributed by atoms with Gasteiger partial charge in [-0.25, -0.2) is 15.0 Å². The van der Waals surface area contributed by atoms with E-state index in [-0.39, 0.29) is 11.5 Å². The maximum absolute atomic E-state index is 12.1. The first-order chi connectivity index (χ1) is 11.1. The summed E-state index contributed by atoms with van der Waals surface area (Å²) >= 11 is 0. The van der Waals surface area contributed by atoms with E-state index in [1.54, 1.807) is 6.33 Å². The Hall–Kier alpha value is -3.22. The minimum Gasteiger partial charge on any atom is -0.382 e. The number of hydrogen-bond acceptors (Lipinski definition) is 5. The molecular weight excluding hydrogens is 292 g/mol. The van der Waals surface area contributed by atoms with Crippen molar-refractivity contribution >= 4 is 17.4 Å². The number of carbonyl (C=O) groups is 1. The van der Waals surface area contributed by atoms with Gasteiger partial charge in [0.15, 0.2) is 11.5 Å². The summed E-state index contributed by atoms with van der Waals surface area (Å²) in [6, 6.07) is 7.44. The highest BCUT2D eigenvalue weighted by atomic mass is 16.1. The number of hydrogen-bond donors (Lipinski definition) is 2. The largest absolute Gasteiger partial charge is 0.382 e. The summed E-state index contributed by atoms with van der Waals surface area (Å²) < 4.78 is 1.99. The van der Waals surface area contributed by atoms with E-state index in [1.165, 1.54) is 12.4 Å². The molecule has 0 bridgehead atoms. The first kappa shape index (κ1) is 14.7. The van der Waals surface area contributed by atoms with E-state index in [2.05, 4.69) is 20.3 Å². The normalized spacial score (nSPS) is 10.5. The van der Waals surface area contributed by atoms with Gasteiger partial charge < -0.3 is 15.6 Å². The number of carbonyl (C=O) groups excluding carboxylic acids is 1. The molecule has 0 aliphatic carbocycles. The van der Waals surface area contributed by atoms with Crippen molar-refractivity contribution in [3.63, 3.8) is 0 Å². The van der Waals surface area contributed by atoms with Gasteiger partial charge in [0.05, 0.1) is 12.0 Å². The van der Waals surface area contributed by atoms with Crippen molar-refractivity contribution in [3.8, 4) is 5.69 Å². The maximum Gasteiger partial charge on any atom is 0.278 e. The number of nitrogens with zero attached hydrogens (tertiary/aromatic N) is 4. The van der Waals surface area contributed by atoms with Crippen LogP contribution < -0.4 is 11.1 Å². The zero-order valence-electron chi connectivity index (χ0n) is 12.8. The Bertz CT molecular complexity index is 853. The van der Waals surface area contributed by atoms with Gasteiger partial charge in [0.25, 0.3) is 5.91 Å². The number of benzene rings is 1. The second-order valence-corrected chi connectivity index (χ2v) is 5.08. The van der Waals surface area contributed by atoms with Gasteiger partial charge >= 0.3 is 0 Å². The third-order valence-electron chi connectivity index (χ3n) is 3.60. The van der Waals surface area contributed by atoms with Crippen molar-refractivity contribution in [2.75, 3.05) is 11.1 Å². The van der Waals surface area contributed by atoms with Crippen LogP contribution in [0.4, 0.5) is 11.5 Å². The van der Waals surface area contributed by atoms with Crippen LogP contribution in [-0.4, -0.2) is 25.4 Å². The number of rotatable bonds is 3. The molecule has 0 aliphatic rings. The number of imidazole rings is 1. The van der Waals surface area contributed by atoms with Crippen LogP contribution >= 0.6 is 0 Å². The van der Waals surface area contributed by atoms with Gasteiger partial charge in [0.1, 0.15) is 0 Å². The molecule has 0 atom stereocenters. The first-order valence-electron chi connectivity index (χ1n) is 7.05. The Kier molecular flexibility index (Phi) is 3.76. The molecule has 3 aromatic rings. The fourth-order valence-corrected chi connectivity index (χ4v) is 2.18. The minimum atomic E-state index is -0.391. The van der Waals surface area contributed by atoms with Crippen LogP contribution in [0.2, 0.25) is 0 Å². The molecule has 7 heteroatoms. The van der Waals surface area contributed by atoms with Crippen molar-refractivity contribution in [1.29, 1.82) is 0 Å². The molecule has 7 nitrogen and oxygen atoms in total. The predicted octanol–water partition coefficient (Wildman–Crippen LogP) is 2.11. The third-order valence-corrected chi connectivity index (χ3v) is 3.60. The van der Waals surface area contributed by atoms with E-state index in [1.807, 2.05) is 42.7 Å². The van der Waals surface area contributed by atoms with Crippen LogP contribution in [0.25, 0.3) is 5.69 Å². The average molecular weight is 308 g/mol. The van der Waals surface area contributed by atoms with Gasteiger partial charge in [0.2, 0.25) is 0 Å². The molecule has 3 rings (SSSR count). The Morgan fingerprint density at radius 1 is 1.09 bits per heavy atom. The van der Waals surface area contributed by atoms with E-state index < -0.39 is 5.91 Å². The molecule has 0 fully saturated rings. The van der Waals surface area contributed by atoms with E-state index in [4.69, 9.17) is 5.73 Å². The number of nitrogens with two attached hydrogens (primary N) is 1. The van der Waals surface area contributed by atoms with Gasteiger partial charge in [-0.1, -0.05) is 0 Å². The fraction of sp³-hybridized carbons (Fsp3) is 0.125. The lowest BCUT2D eigenvalue weighted by molar-refractivity contribution is 0.102. The monoisotopic (exact) mass is 308 g/mol. The third kappa shape index (κ3) is 2.89. The zero-order valence-corrected chi connectivity index (χ0v) is 12.8. The lowest BCUT2D eigenvalue weighted by Gasteiger charge is -2.09. The van der Waals surface area contributed by atoms with Gasteiger partial charge in [0, 0.05) is 29.5 Å². The molecule has 0 saturated carbocycles. The van der Waals surface area contributed by atoms with Crippen molar-refractivity contribution in [1.82, 2.24) is 19.5 Å². The summed E-state index contributed by atoms with van der Waals surface area (Å²) in [6.07, 6.45) is 4.65. The molecule has 3 N–H and O–H groups in total. The smallest absolute Gasteiger partial charge is 0.278 e. The number of amides is 1. The molecule has 23 heavy (non-hydrogen) atoms. The molecule has 2 heterocycles. The van der Waals surface area contributed by atoms with Crippen LogP contribution in [0.1, 0.15) is 21.9 Å². The Labute approximate surface area is 133 Å². The van der Waals surface area contributed by atoms with E-state index >= 15 is 0 Å². The van der Waals surface area contributed by atoms with Crippen LogP contribution in [0.15, 0.2) is 43.0 Å². The summed E-state index contributed by atoms with van der Waals surface area (Å²) in [6.45, 7) is 3.97. The quantitative estimate of drug-likeness (QED) is 0.772. The SMILES string of the molecule is Cc1ncn(-c2ccc(NC(=O)c3nccnc3N)cc2)c1C. The molecule has 0 unspecified atom stereocenters. The van der Waals surface area contributed by atoms with E-state index in [0.717, 1.165) is 17.1 Å². The highest BCUT2D eigenvalue weighted by Gasteiger charge is 2.12. The Balaban J connectivity index is 1.79. The zero-order chi connectivity index (χ0) is 16.4. The second kappa shape index (κ2) is 5.88. The van der Waals surface area contributed by atoms with Gasteiger partial charge in [-0.15, -0.1) is 0 Å². The van der Waals surface area contributed by atoms with Crippen LogP contribution in [0, 0.1) is 13.8 Å². The molecule has 0 spiro atoms. The summed E-state index contributed by atoms with van der Waals surface area (Å²) in [7, 11) is 0. The molecule has 0 radical (unpaired) electrons. The molecular formula is C16H16N6O. The van der Waals surface area contributed by atoms with Crippen LogP contribution in [0.5, 0.6) is 0 Å². The maximum atomic E-state index is 12.1. The molecule has 1 amide bonds. The summed E-state index contributed by atoms with van der Waals surface area (Å²) in [5.74, 6) is -0.288. The summed E-state index contributed by atoms with van der Waals surface area (Å²) in [5.41, 5.74) is 9.45. The molecule has 116 valence electrons. The highest BCUT2D eigenvalue weighted by molar-refractivity contribution is 6.05. The highest BCUT2D eigenvalue weighted by Crippen LogP contribution is 2.17. The van der Waals surface area contributed by atoms with E-state index in [0.29, 0.717) is 5.69 Å². The average Bonchev–Trinajstić information content (AvgIpc) is 2.88. The fourth-order valence-electron chi connectivity index (χ4n) is 2.18. The molecule has 0 saturated heterocycles. The summed E-state index contributed by atoms with van der Waals surface area (Å²) in [5, 5.41) is 2.75. The number of nitrogens with one attached hydrogen (secondary N) is 1. The number of nitrogen functional groups attached to an aromatic ring is 1. The van der Waals surface area contributed by atoms with Crippen molar-refractivity contribution in [3.05, 3.63) is 60.1 Å². The van der Waals surface area contributed by atoms with Crippen molar-refractivity contribution < 1.29 is 4.79 Å². The lowest BCUT2D eigenvalue weighted by Crippen LogP contribution is -2.16. The lowest BCUT2D eigenvalue weighted by atomic mass is 10.2. The van der Waals surface area contributed by atoms with Gasteiger partial charge in [-0.3, -0.25) is 4.79 Å². The van der Waals surface area contributed by atoms with Gasteiger partial charge in [-0.05, 0) is 38.1 Å². The van der Waals surface area contributed by atoms with Crippen LogP contribution in [0.3, 0.4) is 0 Å². The summed E-state index contributed by atoms with van der Waals surface area (Å²) in [4.78, 5) is 24.2. The first-order valence-corrected chi connectivity index (χ1v) is 7.05. The Morgan fingerprint density at radius 3 is 2.39 bits per heavy atom. The minimum absolute atomic E-state index is 0.103. The Morgan fingerprint density at radius 2 is 1.78 bits per heavy atom. The molecule has 0 aliphatic heterocycles.